The molecule has 1 aromatic carbocycles. The molecule has 0 aliphatic heterocycles. The number of nitrogens with zero attached hydrogens (tertiary/aromatic N) is 1. The summed E-state index contributed by atoms with van der Waals surface area (Å²) in [5.74, 6) is 1.46. The minimum absolute atomic E-state index is 0.0282. The van der Waals surface area contributed by atoms with Crippen molar-refractivity contribution in [3.05, 3.63) is 35.9 Å². The third-order valence-corrected chi connectivity index (χ3v) is 10.9. The quantitative estimate of drug-likeness (QED) is 0.163. The Morgan fingerprint density at radius 3 is 1.86 bits per heavy atom. The van der Waals surface area contributed by atoms with Crippen molar-refractivity contribution in [1.29, 1.82) is 0 Å². The van der Waals surface area contributed by atoms with Gasteiger partial charge in [-0.15, -0.1) is 0 Å². The SMILES string of the molecule is CCC(C)(CC(C)(CC(C)(C)C(=O)OCCN(C)C)C(=O)OC(C)(C)c1ccccc1)C(=O)OC1C2CC3CC(C2)CC1C3. The van der Waals surface area contributed by atoms with Gasteiger partial charge in [-0.25, -0.2) is 0 Å². The highest BCUT2D eigenvalue weighted by molar-refractivity contribution is 5.83. The second-order valence-electron chi connectivity index (χ2n) is 16.2. The fourth-order valence-electron chi connectivity index (χ4n) is 8.56. The van der Waals surface area contributed by atoms with Crippen molar-refractivity contribution in [3.63, 3.8) is 0 Å². The molecule has 7 heteroatoms. The minimum atomic E-state index is -1.16. The molecule has 1 aromatic rings. The number of ether oxygens (including phenoxy) is 3. The van der Waals surface area contributed by atoms with E-state index >= 15 is 0 Å². The van der Waals surface area contributed by atoms with E-state index in [1.807, 2.05) is 97.8 Å². The Kier molecular flexibility index (Phi) is 10.3. The Labute approximate surface area is 265 Å². The first-order valence-electron chi connectivity index (χ1n) is 16.8. The lowest BCUT2D eigenvalue weighted by Crippen LogP contribution is -2.52. The van der Waals surface area contributed by atoms with E-state index in [9.17, 15) is 14.4 Å². The zero-order chi connectivity index (χ0) is 32.5. The van der Waals surface area contributed by atoms with Gasteiger partial charge in [0.2, 0.25) is 0 Å². The van der Waals surface area contributed by atoms with Crippen molar-refractivity contribution >= 4 is 17.9 Å². The van der Waals surface area contributed by atoms with Crippen molar-refractivity contribution in [1.82, 2.24) is 4.90 Å². The molecule has 4 saturated carbocycles. The molecule has 4 aliphatic rings. The summed E-state index contributed by atoms with van der Waals surface area (Å²) in [6.07, 6.45) is 6.86. The molecule has 0 aromatic heterocycles. The standard InChI is InChI=1S/C37H57NO6/c1-10-36(6,32(40)43-30-27-19-25-18-26(21-27)22-28(30)20-25)24-37(7,23-34(2,3)31(39)42-17-16-38(8)9)33(41)44-35(4,5)29-14-12-11-13-15-29/h11-15,25-28,30H,10,16-24H2,1-9H3. The lowest BCUT2D eigenvalue weighted by atomic mass is 9.55. The average Bonchev–Trinajstić information content (AvgIpc) is 2.94. The van der Waals surface area contributed by atoms with Gasteiger partial charge in [-0.2, -0.15) is 0 Å². The van der Waals surface area contributed by atoms with Crippen molar-refractivity contribution < 1.29 is 28.6 Å². The molecule has 4 aliphatic carbocycles. The number of esters is 3. The number of likely N-dealkylation sites (N-methyl/N-ethyl adjacent to an activating group) is 1. The monoisotopic (exact) mass is 611 g/mol. The Hall–Kier alpha value is -2.41. The molecule has 2 atom stereocenters. The third-order valence-electron chi connectivity index (χ3n) is 10.9. The molecular formula is C37H57NO6. The molecule has 7 nitrogen and oxygen atoms in total. The van der Waals surface area contributed by atoms with Gasteiger partial charge in [-0.1, -0.05) is 37.3 Å². The van der Waals surface area contributed by atoms with Crippen LogP contribution in [-0.4, -0.2) is 56.2 Å². The first-order chi connectivity index (χ1) is 20.5. The summed E-state index contributed by atoms with van der Waals surface area (Å²) in [7, 11) is 3.85. The summed E-state index contributed by atoms with van der Waals surface area (Å²) in [5, 5.41) is 0. The Morgan fingerprint density at radius 1 is 0.773 bits per heavy atom. The van der Waals surface area contributed by atoms with Gasteiger partial charge in [0.1, 0.15) is 18.3 Å². The summed E-state index contributed by atoms with van der Waals surface area (Å²) < 4.78 is 18.4. The van der Waals surface area contributed by atoms with Gasteiger partial charge in [-0.05, 0) is 136 Å². The van der Waals surface area contributed by atoms with E-state index in [2.05, 4.69) is 0 Å². The number of benzene rings is 1. The molecule has 0 heterocycles. The molecule has 0 amide bonds. The van der Waals surface area contributed by atoms with Crippen LogP contribution >= 0.6 is 0 Å². The highest BCUT2D eigenvalue weighted by Gasteiger charge is 2.54. The van der Waals surface area contributed by atoms with Gasteiger partial charge in [0.25, 0.3) is 0 Å². The predicted octanol–water partition coefficient (Wildman–Crippen LogP) is 7.17. The van der Waals surface area contributed by atoms with E-state index in [1.54, 1.807) is 0 Å². The van der Waals surface area contributed by atoms with Crippen LogP contribution in [0.1, 0.15) is 105 Å². The predicted molar refractivity (Wildman–Crippen MR) is 172 cm³/mol. The second kappa shape index (κ2) is 13.1. The smallest absolute Gasteiger partial charge is 0.312 e. The van der Waals surface area contributed by atoms with Crippen LogP contribution in [-0.2, 0) is 34.2 Å². The topological polar surface area (TPSA) is 82.1 Å². The number of carbonyl (C=O) groups is 3. The summed E-state index contributed by atoms with van der Waals surface area (Å²) in [6.45, 7) is 14.0. The third kappa shape index (κ3) is 7.68. The molecule has 5 rings (SSSR count). The summed E-state index contributed by atoms with van der Waals surface area (Å²) in [5.41, 5.74) is -3.11. The molecule has 246 valence electrons. The summed E-state index contributed by atoms with van der Waals surface area (Å²) >= 11 is 0. The van der Waals surface area contributed by atoms with Crippen LogP contribution in [0.4, 0.5) is 0 Å². The van der Waals surface area contributed by atoms with Crippen LogP contribution in [0.5, 0.6) is 0 Å². The van der Waals surface area contributed by atoms with E-state index in [0.717, 1.165) is 43.1 Å². The first kappa shape index (κ1) is 34.5. The van der Waals surface area contributed by atoms with Crippen LogP contribution in [0.2, 0.25) is 0 Å². The molecule has 4 fully saturated rings. The summed E-state index contributed by atoms with van der Waals surface area (Å²) in [6, 6.07) is 9.65. The zero-order valence-electron chi connectivity index (χ0n) is 28.7. The molecule has 0 spiro atoms. The fraction of sp³-hybridized carbons (Fsp3) is 0.757. The largest absolute Gasteiger partial charge is 0.464 e. The molecule has 0 radical (unpaired) electrons. The van der Waals surface area contributed by atoms with E-state index in [4.69, 9.17) is 14.2 Å². The van der Waals surface area contributed by atoms with Gasteiger partial charge in [0.15, 0.2) is 0 Å². The maximum atomic E-state index is 14.3. The zero-order valence-corrected chi connectivity index (χ0v) is 28.7. The lowest BCUT2D eigenvalue weighted by molar-refractivity contribution is -0.187. The second-order valence-corrected chi connectivity index (χ2v) is 16.2. The van der Waals surface area contributed by atoms with E-state index in [0.29, 0.717) is 24.8 Å². The fourth-order valence-corrected chi connectivity index (χ4v) is 8.56. The maximum absolute atomic E-state index is 14.3. The van der Waals surface area contributed by atoms with Crippen LogP contribution in [0.25, 0.3) is 0 Å². The normalized spacial score (nSPS) is 27.4. The van der Waals surface area contributed by atoms with Crippen LogP contribution in [0.3, 0.4) is 0 Å². The van der Waals surface area contributed by atoms with Gasteiger partial charge in [0, 0.05) is 6.54 Å². The van der Waals surface area contributed by atoms with Crippen molar-refractivity contribution in [2.45, 2.75) is 112 Å². The van der Waals surface area contributed by atoms with Crippen molar-refractivity contribution in [2.24, 2.45) is 39.9 Å². The van der Waals surface area contributed by atoms with Crippen LogP contribution in [0.15, 0.2) is 30.3 Å². The van der Waals surface area contributed by atoms with E-state index in [-0.39, 0.29) is 37.5 Å². The molecule has 0 saturated heterocycles. The average molecular weight is 612 g/mol. The van der Waals surface area contributed by atoms with Gasteiger partial charge in [-0.3, -0.25) is 14.4 Å². The van der Waals surface area contributed by atoms with E-state index < -0.39 is 27.8 Å². The minimum Gasteiger partial charge on any atom is -0.464 e. The molecule has 4 bridgehead atoms. The van der Waals surface area contributed by atoms with Crippen LogP contribution in [0, 0.1) is 39.9 Å². The maximum Gasteiger partial charge on any atom is 0.312 e. The number of hydrogen-bond acceptors (Lipinski definition) is 7. The van der Waals surface area contributed by atoms with Gasteiger partial charge in [0.05, 0.1) is 16.2 Å². The highest BCUT2D eigenvalue weighted by Crippen LogP contribution is 2.55. The van der Waals surface area contributed by atoms with Crippen molar-refractivity contribution in [2.75, 3.05) is 27.2 Å². The van der Waals surface area contributed by atoms with Crippen LogP contribution < -0.4 is 0 Å². The number of carbonyl (C=O) groups excluding carboxylic acids is 3. The van der Waals surface area contributed by atoms with E-state index in [1.165, 1.54) is 6.42 Å². The Balaban J connectivity index is 1.57. The molecule has 2 unspecified atom stereocenters. The summed E-state index contributed by atoms with van der Waals surface area (Å²) in [4.78, 5) is 43.8. The molecule has 44 heavy (non-hydrogen) atoms. The Morgan fingerprint density at radius 2 is 1.34 bits per heavy atom. The first-order valence-corrected chi connectivity index (χ1v) is 16.8. The molecule has 0 N–H and O–H groups in total. The van der Waals surface area contributed by atoms with Gasteiger partial charge >= 0.3 is 17.9 Å². The molecular weight excluding hydrogens is 554 g/mol. The van der Waals surface area contributed by atoms with Crippen molar-refractivity contribution in [3.8, 4) is 0 Å². The Bertz CT molecular complexity index is 1150. The highest BCUT2D eigenvalue weighted by atomic mass is 16.6. The lowest BCUT2D eigenvalue weighted by Gasteiger charge is -2.54. The number of hydrogen-bond donors (Lipinski definition) is 0. The number of rotatable bonds is 14. The van der Waals surface area contributed by atoms with Gasteiger partial charge < -0.3 is 19.1 Å².